The smallest absolute Gasteiger partial charge is 0.253 e. The molecule has 1 aromatic rings. The molecule has 0 saturated carbocycles. The molecule has 1 fully saturated rings. The quantitative estimate of drug-likeness (QED) is 0.659. The van der Waals surface area contributed by atoms with E-state index in [9.17, 15) is 4.79 Å². The number of hydrogen-bond acceptors (Lipinski definition) is 5. The lowest BCUT2D eigenvalue weighted by atomic mass is 10.1. The second kappa shape index (κ2) is 8.60. The summed E-state index contributed by atoms with van der Waals surface area (Å²) in [5.74, 6) is -0.0805. The number of morpholine rings is 1. The summed E-state index contributed by atoms with van der Waals surface area (Å²) in [6.07, 6.45) is 0.911. The molecular formula is C16H26N4O2. The Kier molecular flexibility index (Phi) is 6.48. The second-order valence-electron chi connectivity index (χ2n) is 5.44. The zero-order valence-corrected chi connectivity index (χ0v) is 13.2. The molecule has 1 saturated heterocycles. The summed E-state index contributed by atoms with van der Waals surface area (Å²) in [4.78, 5) is 14.6. The van der Waals surface area contributed by atoms with Crippen molar-refractivity contribution in [2.75, 3.05) is 57.0 Å². The van der Waals surface area contributed by atoms with Gasteiger partial charge in [0.25, 0.3) is 5.91 Å². The lowest BCUT2D eigenvalue weighted by Crippen LogP contribution is -2.39. The third-order valence-electron chi connectivity index (χ3n) is 3.67. The molecule has 4 N–H and O–H groups in total. The number of amides is 1. The molecule has 0 radical (unpaired) electrons. The number of hydrogen-bond donors (Lipinski definition) is 3. The van der Waals surface area contributed by atoms with Gasteiger partial charge in [0.1, 0.15) is 0 Å². The first-order valence-corrected chi connectivity index (χ1v) is 7.92. The van der Waals surface area contributed by atoms with Crippen LogP contribution < -0.4 is 16.4 Å². The van der Waals surface area contributed by atoms with E-state index in [0.717, 1.165) is 51.5 Å². The molecule has 6 heteroatoms. The lowest BCUT2D eigenvalue weighted by molar-refractivity contribution is 0.0398. The number of anilines is 2. The summed E-state index contributed by atoms with van der Waals surface area (Å²) in [5.41, 5.74) is 7.84. The average Bonchev–Trinajstić information content (AvgIpc) is 2.55. The molecule has 6 nitrogen and oxygen atoms in total. The van der Waals surface area contributed by atoms with Crippen molar-refractivity contribution in [3.8, 4) is 0 Å². The van der Waals surface area contributed by atoms with E-state index in [0.29, 0.717) is 17.8 Å². The van der Waals surface area contributed by atoms with Crippen LogP contribution in [0.5, 0.6) is 0 Å². The van der Waals surface area contributed by atoms with Crippen molar-refractivity contribution in [2.45, 2.75) is 13.3 Å². The Balaban J connectivity index is 1.92. The summed E-state index contributed by atoms with van der Waals surface area (Å²) in [6.45, 7) is 7.95. The molecule has 1 heterocycles. The highest BCUT2D eigenvalue weighted by Crippen LogP contribution is 2.19. The normalized spacial score (nSPS) is 15.5. The molecule has 0 spiro atoms. The minimum Gasteiger partial charge on any atom is -0.399 e. The molecule has 0 aromatic heterocycles. The van der Waals surface area contributed by atoms with Crippen molar-refractivity contribution in [3.05, 3.63) is 23.8 Å². The van der Waals surface area contributed by atoms with Crippen LogP contribution in [0.15, 0.2) is 18.2 Å². The standard InChI is InChI=1S/C16H26N4O2/c1-2-5-19-16(21)14-12-13(17)3-4-15(14)18-6-7-20-8-10-22-11-9-20/h3-4,12,18H,2,5-11,17H2,1H3,(H,19,21). The van der Waals surface area contributed by atoms with Crippen LogP contribution in [-0.2, 0) is 4.74 Å². The van der Waals surface area contributed by atoms with Crippen LogP contribution in [0.25, 0.3) is 0 Å². The maximum absolute atomic E-state index is 12.2. The van der Waals surface area contributed by atoms with Gasteiger partial charge in [-0.25, -0.2) is 0 Å². The number of nitrogens with two attached hydrogens (primary N) is 1. The van der Waals surface area contributed by atoms with Crippen LogP contribution >= 0.6 is 0 Å². The van der Waals surface area contributed by atoms with Crippen molar-refractivity contribution in [2.24, 2.45) is 0 Å². The van der Waals surface area contributed by atoms with E-state index in [1.165, 1.54) is 0 Å². The molecule has 1 aromatic carbocycles. The van der Waals surface area contributed by atoms with Crippen LogP contribution in [0.3, 0.4) is 0 Å². The molecular weight excluding hydrogens is 280 g/mol. The monoisotopic (exact) mass is 306 g/mol. The van der Waals surface area contributed by atoms with E-state index in [1.54, 1.807) is 6.07 Å². The van der Waals surface area contributed by atoms with Gasteiger partial charge >= 0.3 is 0 Å². The van der Waals surface area contributed by atoms with Gasteiger partial charge in [-0.15, -0.1) is 0 Å². The number of carbonyl (C=O) groups is 1. The van der Waals surface area contributed by atoms with E-state index >= 15 is 0 Å². The van der Waals surface area contributed by atoms with Crippen molar-refractivity contribution in [1.29, 1.82) is 0 Å². The third kappa shape index (κ3) is 4.89. The van der Waals surface area contributed by atoms with Gasteiger partial charge in [-0.3, -0.25) is 9.69 Å². The highest BCUT2D eigenvalue weighted by Gasteiger charge is 2.13. The summed E-state index contributed by atoms with van der Waals surface area (Å²) < 4.78 is 5.34. The Morgan fingerprint density at radius 1 is 1.32 bits per heavy atom. The van der Waals surface area contributed by atoms with Crippen molar-refractivity contribution in [1.82, 2.24) is 10.2 Å². The summed E-state index contributed by atoms with van der Waals surface area (Å²) >= 11 is 0. The third-order valence-corrected chi connectivity index (χ3v) is 3.67. The number of carbonyl (C=O) groups excluding carboxylic acids is 1. The number of rotatable bonds is 7. The number of nitrogens with zero attached hydrogens (tertiary/aromatic N) is 1. The molecule has 1 aliphatic rings. The first-order chi connectivity index (χ1) is 10.7. The fourth-order valence-corrected chi connectivity index (χ4v) is 2.41. The topological polar surface area (TPSA) is 79.6 Å². The predicted octanol–water partition coefficient (Wildman–Crippen LogP) is 1.15. The highest BCUT2D eigenvalue weighted by molar-refractivity contribution is 6.00. The van der Waals surface area contributed by atoms with Gasteiger partial charge in [-0.1, -0.05) is 6.92 Å². The maximum atomic E-state index is 12.2. The molecule has 0 unspecified atom stereocenters. The van der Waals surface area contributed by atoms with E-state index in [-0.39, 0.29) is 5.91 Å². The Morgan fingerprint density at radius 3 is 2.82 bits per heavy atom. The molecule has 0 atom stereocenters. The Hall–Kier alpha value is -1.79. The van der Waals surface area contributed by atoms with Gasteiger partial charge in [-0.05, 0) is 24.6 Å². The van der Waals surface area contributed by atoms with Crippen LogP contribution in [-0.4, -0.2) is 56.7 Å². The summed E-state index contributed by atoms with van der Waals surface area (Å²) in [6, 6.07) is 5.41. The van der Waals surface area contributed by atoms with Gasteiger partial charge < -0.3 is 21.1 Å². The first-order valence-electron chi connectivity index (χ1n) is 7.92. The Morgan fingerprint density at radius 2 is 2.09 bits per heavy atom. The van der Waals surface area contributed by atoms with Crippen molar-refractivity contribution in [3.63, 3.8) is 0 Å². The zero-order chi connectivity index (χ0) is 15.8. The van der Waals surface area contributed by atoms with Crippen LogP contribution in [0.2, 0.25) is 0 Å². The molecule has 1 amide bonds. The molecule has 0 bridgehead atoms. The van der Waals surface area contributed by atoms with Crippen molar-refractivity contribution < 1.29 is 9.53 Å². The van der Waals surface area contributed by atoms with Crippen molar-refractivity contribution >= 4 is 17.3 Å². The molecule has 1 aliphatic heterocycles. The lowest BCUT2D eigenvalue weighted by Gasteiger charge is -2.26. The van der Waals surface area contributed by atoms with E-state index < -0.39 is 0 Å². The largest absolute Gasteiger partial charge is 0.399 e. The van der Waals surface area contributed by atoms with Crippen LogP contribution in [0.1, 0.15) is 23.7 Å². The van der Waals surface area contributed by atoms with E-state index in [4.69, 9.17) is 10.5 Å². The first kappa shape index (κ1) is 16.6. The SMILES string of the molecule is CCCNC(=O)c1cc(N)ccc1NCCN1CCOCC1. The zero-order valence-electron chi connectivity index (χ0n) is 13.2. The number of nitrogens with one attached hydrogen (secondary N) is 2. The summed E-state index contributed by atoms with van der Waals surface area (Å²) in [7, 11) is 0. The Labute approximate surface area is 132 Å². The van der Waals surface area contributed by atoms with Gasteiger partial charge in [0.15, 0.2) is 0 Å². The number of benzene rings is 1. The molecule has 22 heavy (non-hydrogen) atoms. The number of nitrogen functional groups attached to an aromatic ring is 1. The predicted molar refractivity (Wildman–Crippen MR) is 89.2 cm³/mol. The minimum absolute atomic E-state index is 0.0805. The van der Waals surface area contributed by atoms with Gasteiger partial charge in [-0.2, -0.15) is 0 Å². The fourth-order valence-electron chi connectivity index (χ4n) is 2.41. The van der Waals surface area contributed by atoms with E-state index in [1.807, 2.05) is 19.1 Å². The van der Waals surface area contributed by atoms with Crippen LogP contribution in [0, 0.1) is 0 Å². The average molecular weight is 306 g/mol. The molecule has 0 aliphatic carbocycles. The van der Waals surface area contributed by atoms with Gasteiger partial charge in [0.05, 0.1) is 18.8 Å². The summed E-state index contributed by atoms with van der Waals surface area (Å²) in [5, 5.41) is 6.24. The van der Waals surface area contributed by atoms with E-state index in [2.05, 4.69) is 15.5 Å². The van der Waals surface area contributed by atoms with Crippen LogP contribution in [0.4, 0.5) is 11.4 Å². The Bertz CT molecular complexity index is 487. The maximum Gasteiger partial charge on any atom is 0.253 e. The van der Waals surface area contributed by atoms with Gasteiger partial charge in [0, 0.05) is 44.1 Å². The molecule has 122 valence electrons. The fraction of sp³-hybridized carbons (Fsp3) is 0.562. The highest BCUT2D eigenvalue weighted by atomic mass is 16.5. The van der Waals surface area contributed by atoms with Gasteiger partial charge in [0.2, 0.25) is 0 Å². The minimum atomic E-state index is -0.0805. The molecule has 2 rings (SSSR count). The number of ether oxygens (including phenoxy) is 1. The second-order valence-corrected chi connectivity index (χ2v) is 5.44.